The van der Waals surface area contributed by atoms with Crippen molar-refractivity contribution in [1.82, 2.24) is 4.98 Å². The molecule has 1 heterocycles. The molecule has 0 unspecified atom stereocenters. The Kier molecular flexibility index (Phi) is 4.52. The van der Waals surface area contributed by atoms with Crippen LogP contribution in [-0.4, -0.2) is 4.98 Å². The smallest absolute Gasteiger partial charge is 0.134 e. The van der Waals surface area contributed by atoms with E-state index < -0.39 is 0 Å². The Morgan fingerprint density at radius 2 is 2.00 bits per heavy atom. The summed E-state index contributed by atoms with van der Waals surface area (Å²) in [5, 5.41) is 12.5. The first-order chi connectivity index (χ1) is 11.2. The fourth-order valence-corrected chi connectivity index (χ4v) is 2.98. The summed E-state index contributed by atoms with van der Waals surface area (Å²) in [7, 11) is 0. The molecule has 0 bridgehead atoms. The van der Waals surface area contributed by atoms with Crippen molar-refractivity contribution in [3.8, 4) is 17.3 Å². The Hall–Kier alpha value is -2.48. The topological polar surface area (TPSA) is 36.7 Å². The lowest BCUT2D eigenvalue weighted by Gasteiger charge is -1.97. The van der Waals surface area contributed by atoms with Gasteiger partial charge in [-0.05, 0) is 35.9 Å². The molecule has 0 aliphatic carbocycles. The van der Waals surface area contributed by atoms with Crippen LogP contribution in [0.4, 0.5) is 4.39 Å². The predicted molar refractivity (Wildman–Crippen MR) is 92.4 cm³/mol. The third kappa shape index (κ3) is 3.65. The Morgan fingerprint density at radius 1 is 1.22 bits per heavy atom. The second kappa shape index (κ2) is 6.74. The molecule has 2 aromatic carbocycles. The summed E-state index contributed by atoms with van der Waals surface area (Å²) >= 11 is 7.26. The van der Waals surface area contributed by atoms with Gasteiger partial charge in [-0.1, -0.05) is 35.9 Å². The molecule has 0 spiro atoms. The molecule has 0 saturated heterocycles. The molecule has 3 rings (SSSR count). The molecular formula is C18H10ClFN2S. The van der Waals surface area contributed by atoms with Crippen molar-refractivity contribution in [1.29, 1.82) is 5.26 Å². The zero-order valence-corrected chi connectivity index (χ0v) is 13.4. The van der Waals surface area contributed by atoms with E-state index in [4.69, 9.17) is 11.6 Å². The first-order valence-corrected chi connectivity index (χ1v) is 8.00. The number of halogens is 2. The van der Waals surface area contributed by atoms with Gasteiger partial charge in [-0.25, -0.2) is 9.37 Å². The van der Waals surface area contributed by atoms with Crippen LogP contribution in [0, 0.1) is 17.1 Å². The van der Waals surface area contributed by atoms with Crippen molar-refractivity contribution in [2.75, 3.05) is 0 Å². The molecule has 0 aliphatic rings. The Morgan fingerprint density at radius 3 is 2.70 bits per heavy atom. The van der Waals surface area contributed by atoms with E-state index in [1.54, 1.807) is 30.3 Å². The summed E-state index contributed by atoms with van der Waals surface area (Å²) in [5.41, 5.74) is 2.74. The second-order valence-electron chi connectivity index (χ2n) is 4.77. The second-order valence-corrected chi connectivity index (χ2v) is 6.06. The summed E-state index contributed by atoms with van der Waals surface area (Å²) in [6, 6.07) is 15.6. The first kappa shape index (κ1) is 15.4. The van der Waals surface area contributed by atoms with E-state index in [-0.39, 0.29) is 5.82 Å². The molecule has 0 N–H and O–H groups in total. The highest BCUT2D eigenvalue weighted by molar-refractivity contribution is 7.11. The normalized spacial score (nSPS) is 11.3. The van der Waals surface area contributed by atoms with Gasteiger partial charge in [-0.3, -0.25) is 0 Å². The number of nitriles is 1. The third-order valence-corrected chi connectivity index (χ3v) is 4.28. The van der Waals surface area contributed by atoms with E-state index in [1.807, 2.05) is 17.5 Å². The van der Waals surface area contributed by atoms with Gasteiger partial charge < -0.3 is 0 Å². The van der Waals surface area contributed by atoms with E-state index in [2.05, 4.69) is 11.1 Å². The van der Waals surface area contributed by atoms with E-state index in [9.17, 15) is 9.65 Å². The summed E-state index contributed by atoms with van der Waals surface area (Å²) in [5.74, 6) is -0.336. The van der Waals surface area contributed by atoms with Crippen molar-refractivity contribution < 1.29 is 4.39 Å². The van der Waals surface area contributed by atoms with Gasteiger partial charge in [0.25, 0.3) is 0 Å². The Bertz CT molecular complexity index is 907. The SMILES string of the molecule is N#CC(=Cc1cccc(F)c1)c1nc(-c2ccc(Cl)cc2)cs1. The lowest BCUT2D eigenvalue weighted by Crippen LogP contribution is -1.83. The summed E-state index contributed by atoms with van der Waals surface area (Å²) in [4.78, 5) is 4.49. The molecule has 0 atom stereocenters. The van der Waals surface area contributed by atoms with Crippen molar-refractivity contribution in [3.05, 3.63) is 75.3 Å². The van der Waals surface area contributed by atoms with Crippen LogP contribution < -0.4 is 0 Å². The lowest BCUT2D eigenvalue weighted by atomic mass is 10.1. The van der Waals surface area contributed by atoms with Crippen LogP contribution in [0.1, 0.15) is 10.6 Å². The largest absolute Gasteiger partial charge is 0.235 e. The van der Waals surface area contributed by atoms with E-state index in [1.165, 1.54) is 23.5 Å². The molecule has 3 aromatic rings. The molecule has 0 fully saturated rings. The number of aromatic nitrogens is 1. The van der Waals surface area contributed by atoms with Crippen LogP contribution in [0.15, 0.2) is 53.9 Å². The molecule has 0 aliphatic heterocycles. The van der Waals surface area contributed by atoms with Gasteiger partial charge in [0, 0.05) is 16.0 Å². The molecule has 23 heavy (non-hydrogen) atoms. The summed E-state index contributed by atoms with van der Waals surface area (Å²) < 4.78 is 13.2. The van der Waals surface area contributed by atoms with Gasteiger partial charge in [-0.2, -0.15) is 5.26 Å². The number of allylic oxidation sites excluding steroid dienone is 1. The van der Waals surface area contributed by atoms with Crippen LogP contribution in [-0.2, 0) is 0 Å². The molecule has 112 valence electrons. The van der Waals surface area contributed by atoms with Crippen LogP contribution in [0.5, 0.6) is 0 Å². The highest BCUT2D eigenvalue weighted by atomic mass is 35.5. The number of hydrogen-bond donors (Lipinski definition) is 0. The van der Waals surface area contributed by atoms with Gasteiger partial charge in [0.15, 0.2) is 0 Å². The van der Waals surface area contributed by atoms with Crippen molar-refractivity contribution in [2.45, 2.75) is 0 Å². The van der Waals surface area contributed by atoms with Crippen LogP contribution in [0.3, 0.4) is 0 Å². The number of nitrogens with zero attached hydrogens (tertiary/aromatic N) is 2. The van der Waals surface area contributed by atoms with Crippen LogP contribution in [0.25, 0.3) is 22.9 Å². The number of rotatable bonds is 3. The maximum absolute atomic E-state index is 13.2. The number of hydrogen-bond acceptors (Lipinski definition) is 3. The quantitative estimate of drug-likeness (QED) is 0.576. The third-order valence-electron chi connectivity index (χ3n) is 3.15. The van der Waals surface area contributed by atoms with Crippen molar-refractivity contribution in [3.63, 3.8) is 0 Å². The molecular weight excluding hydrogens is 331 g/mol. The highest BCUT2D eigenvalue weighted by Gasteiger charge is 2.09. The Balaban J connectivity index is 1.94. The molecule has 5 heteroatoms. The lowest BCUT2D eigenvalue weighted by molar-refractivity contribution is 0.627. The fraction of sp³-hybridized carbons (Fsp3) is 0. The van der Waals surface area contributed by atoms with Gasteiger partial charge in [0.05, 0.1) is 11.3 Å². The molecule has 1 aromatic heterocycles. The van der Waals surface area contributed by atoms with E-state index in [0.717, 1.165) is 11.3 Å². The van der Waals surface area contributed by atoms with Crippen molar-refractivity contribution in [2.24, 2.45) is 0 Å². The monoisotopic (exact) mass is 340 g/mol. The number of benzene rings is 2. The Labute approximate surface area is 142 Å². The summed E-state index contributed by atoms with van der Waals surface area (Å²) in [6.07, 6.45) is 1.63. The maximum Gasteiger partial charge on any atom is 0.134 e. The van der Waals surface area contributed by atoms with Gasteiger partial charge in [0.2, 0.25) is 0 Å². The zero-order valence-electron chi connectivity index (χ0n) is 11.8. The van der Waals surface area contributed by atoms with E-state index >= 15 is 0 Å². The molecule has 2 nitrogen and oxygen atoms in total. The van der Waals surface area contributed by atoms with E-state index in [0.29, 0.717) is 21.2 Å². The average Bonchev–Trinajstić information content (AvgIpc) is 3.03. The van der Waals surface area contributed by atoms with Gasteiger partial charge >= 0.3 is 0 Å². The number of thiazole rings is 1. The molecule has 0 radical (unpaired) electrons. The average molecular weight is 341 g/mol. The predicted octanol–water partition coefficient (Wildman–Crippen LogP) is 5.67. The summed E-state index contributed by atoms with van der Waals surface area (Å²) in [6.45, 7) is 0. The minimum absolute atomic E-state index is 0.336. The zero-order chi connectivity index (χ0) is 16.2. The highest BCUT2D eigenvalue weighted by Crippen LogP contribution is 2.28. The first-order valence-electron chi connectivity index (χ1n) is 6.75. The van der Waals surface area contributed by atoms with Crippen LogP contribution in [0.2, 0.25) is 5.02 Å². The standard InChI is InChI=1S/C18H10ClFN2S/c19-15-6-4-13(5-7-15)17-11-23-18(22-17)14(10-21)8-12-2-1-3-16(20)9-12/h1-9,11H. The molecule has 0 amide bonds. The maximum atomic E-state index is 13.2. The minimum Gasteiger partial charge on any atom is -0.235 e. The van der Waals surface area contributed by atoms with Gasteiger partial charge in [0.1, 0.15) is 16.9 Å². The minimum atomic E-state index is -0.336. The molecule has 0 saturated carbocycles. The van der Waals surface area contributed by atoms with Crippen molar-refractivity contribution >= 4 is 34.6 Å². The van der Waals surface area contributed by atoms with Crippen LogP contribution >= 0.6 is 22.9 Å². The van der Waals surface area contributed by atoms with Gasteiger partial charge in [-0.15, -0.1) is 11.3 Å². The fourth-order valence-electron chi connectivity index (χ4n) is 2.06.